The van der Waals surface area contributed by atoms with Crippen molar-refractivity contribution in [3.63, 3.8) is 0 Å². The number of aliphatic hydroxyl groups is 1. The van der Waals surface area contributed by atoms with Crippen molar-refractivity contribution in [2.45, 2.75) is 63.4 Å². The summed E-state index contributed by atoms with van der Waals surface area (Å²) in [6, 6.07) is 9.68. The molecule has 0 spiro atoms. The number of hydrogen-bond donors (Lipinski definition) is 1. The summed E-state index contributed by atoms with van der Waals surface area (Å²) >= 11 is 0. The van der Waals surface area contributed by atoms with Crippen LogP contribution < -0.4 is 0 Å². The molecule has 1 aromatic carbocycles. The third kappa shape index (κ3) is 3.39. The third-order valence-corrected chi connectivity index (χ3v) is 5.57. The van der Waals surface area contributed by atoms with Crippen molar-refractivity contribution < 1.29 is 24.1 Å². The van der Waals surface area contributed by atoms with Crippen LogP contribution in [0.5, 0.6) is 0 Å². The van der Waals surface area contributed by atoms with E-state index < -0.39 is 11.9 Å². The van der Waals surface area contributed by atoms with Crippen LogP contribution in [0, 0.1) is 5.92 Å². The molecule has 3 saturated heterocycles. The summed E-state index contributed by atoms with van der Waals surface area (Å²) in [6.45, 7) is 5.29. The van der Waals surface area contributed by atoms with Gasteiger partial charge in [-0.3, -0.25) is 4.79 Å². The van der Waals surface area contributed by atoms with Crippen LogP contribution >= 0.6 is 0 Å². The highest BCUT2D eigenvalue weighted by molar-refractivity contribution is 5.81. The molecule has 1 unspecified atom stereocenters. The molecule has 1 N–H and O–H groups in total. The van der Waals surface area contributed by atoms with Crippen LogP contribution in [0.4, 0.5) is 0 Å². The average molecular weight is 361 g/mol. The highest BCUT2D eigenvalue weighted by atomic mass is 16.8. The molecular formula is C20H27NO5. The number of rotatable bonds is 5. The minimum absolute atomic E-state index is 0.0861. The normalized spacial score (nSPS) is 35.4. The first-order valence-electron chi connectivity index (χ1n) is 9.40. The number of benzene rings is 1. The number of piperidine rings is 1. The fraction of sp³-hybridized carbons (Fsp3) is 0.650. The standard InChI is InChI=1S/C20H27NO5/c1-20(2)25-16-11-21-17(18(16)26-20)15(22)10-14(19(21)23)8-9-24-12-13-6-4-3-5-7-13/h3-7,14-18,22H,8-12H2,1-2H3/t14-,15+,16?,17+,18+/m0/s1. The smallest absolute Gasteiger partial charge is 0.226 e. The zero-order valence-corrected chi connectivity index (χ0v) is 15.3. The highest BCUT2D eigenvalue weighted by Gasteiger charge is 2.58. The van der Waals surface area contributed by atoms with E-state index in [1.54, 1.807) is 4.90 Å². The van der Waals surface area contributed by atoms with E-state index in [4.69, 9.17) is 14.2 Å². The maximum atomic E-state index is 12.9. The Bertz CT molecular complexity index is 649. The monoisotopic (exact) mass is 361 g/mol. The minimum Gasteiger partial charge on any atom is -0.391 e. The van der Waals surface area contributed by atoms with Gasteiger partial charge in [0.15, 0.2) is 5.79 Å². The SMILES string of the molecule is CC1(C)OC2CN3C(=O)[C@@H](CCOCc4ccccc4)C[C@@H](O)[C@@H]3[C@@H]2O1. The highest BCUT2D eigenvalue weighted by Crippen LogP contribution is 2.42. The number of hydrogen-bond acceptors (Lipinski definition) is 5. The van der Waals surface area contributed by atoms with Gasteiger partial charge in [0.2, 0.25) is 5.91 Å². The molecule has 3 fully saturated rings. The zero-order chi connectivity index (χ0) is 18.3. The largest absolute Gasteiger partial charge is 0.391 e. The number of carbonyl (C=O) groups is 1. The summed E-state index contributed by atoms with van der Waals surface area (Å²) in [4.78, 5) is 14.6. The zero-order valence-electron chi connectivity index (χ0n) is 15.3. The lowest BCUT2D eigenvalue weighted by Gasteiger charge is -2.40. The lowest BCUT2D eigenvalue weighted by atomic mass is 9.87. The Hall–Kier alpha value is -1.47. The van der Waals surface area contributed by atoms with Gasteiger partial charge in [0.25, 0.3) is 0 Å². The third-order valence-electron chi connectivity index (χ3n) is 5.57. The second kappa shape index (κ2) is 6.93. The van der Waals surface area contributed by atoms with Crippen molar-refractivity contribution in [3.8, 4) is 0 Å². The predicted octanol–water partition coefficient (Wildman–Crippen LogP) is 1.70. The van der Waals surface area contributed by atoms with Crippen LogP contribution in [0.3, 0.4) is 0 Å². The molecule has 26 heavy (non-hydrogen) atoms. The van der Waals surface area contributed by atoms with Gasteiger partial charge in [-0.15, -0.1) is 0 Å². The second-order valence-electron chi connectivity index (χ2n) is 7.95. The Balaban J connectivity index is 1.31. The Morgan fingerprint density at radius 3 is 2.81 bits per heavy atom. The van der Waals surface area contributed by atoms with E-state index in [1.165, 1.54) is 0 Å². The van der Waals surface area contributed by atoms with Crippen LogP contribution in [-0.4, -0.2) is 59.2 Å². The van der Waals surface area contributed by atoms with Crippen molar-refractivity contribution in [1.29, 1.82) is 0 Å². The van der Waals surface area contributed by atoms with Gasteiger partial charge in [-0.1, -0.05) is 30.3 Å². The number of nitrogens with zero attached hydrogens (tertiary/aromatic N) is 1. The van der Waals surface area contributed by atoms with E-state index in [0.717, 1.165) is 5.56 Å². The van der Waals surface area contributed by atoms with Crippen molar-refractivity contribution in [3.05, 3.63) is 35.9 Å². The second-order valence-corrected chi connectivity index (χ2v) is 7.95. The molecule has 6 nitrogen and oxygen atoms in total. The summed E-state index contributed by atoms with van der Waals surface area (Å²) in [6.07, 6.45) is 0.108. The van der Waals surface area contributed by atoms with E-state index in [9.17, 15) is 9.90 Å². The molecule has 142 valence electrons. The lowest BCUT2D eigenvalue weighted by molar-refractivity contribution is -0.180. The maximum absolute atomic E-state index is 12.9. The Labute approximate surface area is 154 Å². The van der Waals surface area contributed by atoms with Gasteiger partial charge in [0.1, 0.15) is 12.2 Å². The quantitative estimate of drug-likeness (QED) is 0.809. The van der Waals surface area contributed by atoms with Crippen LogP contribution in [0.1, 0.15) is 32.3 Å². The summed E-state index contributed by atoms with van der Waals surface area (Å²) in [5.41, 5.74) is 1.12. The van der Waals surface area contributed by atoms with Crippen molar-refractivity contribution in [2.24, 2.45) is 5.92 Å². The molecule has 0 radical (unpaired) electrons. The molecular weight excluding hydrogens is 334 g/mol. The van der Waals surface area contributed by atoms with Gasteiger partial charge in [0, 0.05) is 12.5 Å². The topological polar surface area (TPSA) is 68.2 Å². The number of fused-ring (bicyclic) bond motifs is 3. The number of amides is 1. The van der Waals surface area contributed by atoms with E-state index in [2.05, 4.69) is 0 Å². The summed E-state index contributed by atoms with van der Waals surface area (Å²) in [5, 5.41) is 10.6. The molecule has 5 atom stereocenters. The summed E-state index contributed by atoms with van der Waals surface area (Å²) in [7, 11) is 0. The lowest BCUT2D eigenvalue weighted by Crippen LogP contribution is -2.55. The van der Waals surface area contributed by atoms with Crippen molar-refractivity contribution in [1.82, 2.24) is 4.90 Å². The average Bonchev–Trinajstić information content (AvgIpc) is 3.08. The van der Waals surface area contributed by atoms with Gasteiger partial charge in [0.05, 0.1) is 25.3 Å². The van der Waals surface area contributed by atoms with Crippen LogP contribution in [0.15, 0.2) is 30.3 Å². The molecule has 1 aromatic rings. The predicted molar refractivity (Wildman–Crippen MR) is 94.2 cm³/mol. The molecule has 0 aliphatic carbocycles. The van der Waals surface area contributed by atoms with Crippen LogP contribution in [0.2, 0.25) is 0 Å². The van der Waals surface area contributed by atoms with Crippen molar-refractivity contribution >= 4 is 5.91 Å². The van der Waals surface area contributed by atoms with Crippen LogP contribution in [0.25, 0.3) is 0 Å². The van der Waals surface area contributed by atoms with E-state index >= 15 is 0 Å². The molecule has 3 aliphatic heterocycles. The van der Waals surface area contributed by atoms with Crippen molar-refractivity contribution in [2.75, 3.05) is 13.2 Å². The van der Waals surface area contributed by atoms with Gasteiger partial charge in [-0.05, 0) is 32.3 Å². The minimum atomic E-state index is -0.647. The van der Waals surface area contributed by atoms with E-state index in [-0.39, 0.29) is 30.1 Å². The molecule has 0 saturated carbocycles. The first-order valence-corrected chi connectivity index (χ1v) is 9.40. The first kappa shape index (κ1) is 17.9. The van der Waals surface area contributed by atoms with Crippen LogP contribution in [-0.2, 0) is 25.6 Å². The fourth-order valence-corrected chi connectivity index (χ4v) is 4.45. The van der Waals surface area contributed by atoms with Gasteiger partial charge in [-0.2, -0.15) is 0 Å². The molecule has 0 aromatic heterocycles. The molecule has 0 bridgehead atoms. The number of ether oxygens (including phenoxy) is 3. The molecule has 3 heterocycles. The van der Waals surface area contributed by atoms with Gasteiger partial charge in [-0.25, -0.2) is 0 Å². The summed E-state index contributed by atoms with van der Waals surface area (Å²) < 4.78 is 17.6. The number of carbonyl (C=O) groups excluding carboxylic acids is 1. The molecule has 6 heteroatoms. The summed E-state index contributed by atoms with van der Waals surface area (Å²) in [5.74, 6) is -0.765. The van der Waals surface area contributed by atoms with E-state index in [0.29, 0.717) is 32.6 Å². The molecule has 4 rings (SSSR count). The van der Waals surface area contributed by atoms with E-state index in [1.807, 2.05) is 44.2 Å². The Morgan fingerprint density at radius 1 is 1.27 bits per heavy atom. The molecule has 1 amide bonds. The number of aliphatic hydroxyl groups excluding tert-OH is 1. The maximum Gasteiger partial charge on any atom is 0.226 e. The first-order chi connectivity index (χ1) is 12.4. The Kier molecular flexibility index (Phi) is 4.77. The van der Waals surface area contributed by atoms with Gasteiger partial charge >= 0.3 is 0 Å². The fourth-order valence-electron chi connectivity index (χ4n) is 4.45. The van der Waals surface area contributed by atoms with Gasteiger partial charge < -0.3 is 24.2 Å². The Morgan fingerprint density at radius 2 is 2.04 bits per heavy atom. The molecule has 3 aliphatic rings.